The van der Waals surface area contributed by atoms with E-state index in [4.69, 9.17) is 0 Å². The van der Waals surface area contributed by atoms with Crippen molar-refractivity contribution in [3.05, 3.63) is 59.2 Å². The monoisotopic (exact) mass is 434 g/mol. The standard InChI is InChI=1S/C26H34N4O2/c1-4-25(31)30-23-10-6-5-9-21(23)18-24(30)26(32)27-12-13-28-14-16-29(17-15-28)22-11-7-8-19(2)20(22)3/h5-11,24H,4,12-18H2,1-3H3,(H,27,32)/t24-/m1/s1. The number of anilines is 2. The van der Waals surface area contributed by atoms with Gasteiger partial charge in [0.1, 0.15) is 6.04 Å². The lowest BCUT2D eigenvalue weighted by Gasteiger charge is -2.37. The smallest absolute Gasteiger partial charge is 0.243 e. The van der Waals surface area contributed by atoms with Crippen LogP contribution in [0.15, 0.2) is 42.5 Å². The van der Waals surface area contributed by atoms with Crippen molar-refractivity contribution in [2.24, 2.45) is 0 Å². The second kappa shape index (κ2) is 9.74. The van der Waals surface area contributed by atoms with Gasteiger partial charge in [0.25, 0.3) is 0 Å². The molecule has 32 heavy (non-hydrogen) atoms. The summed E-state index contributed by atoms with van der Waals surface area (Å²) in [6.45, 7) is 11.6. The van der Waals surface area contributed by atoms with Crippen LogP contribution < -0.4 is 15.1 Å². The highest BCUT2D eigenvalue weighted by atomic mass is 16.2. The van der Waals surface area contributed by atoms with Gasteiger partial charge in [-0.05, 0) is 42.7 Å². The third-order valence-electron chi connectivity index (χ3n) is 6.87. The van der Waals surface area contributed by atoms with Crippen LogP contribution in [0.2, 0.25) is 0 Å². The van der Waals surface area contributed by atoms with Gasteiger partial charge in [-0.15, -0.1) is 0 Å². The molecular formula is C26H34N4O2. The first-order chi connectivity index (χ1) is 15.5. The summed E-state index contributed by atoms with van der Waals surface area (Å²) in [4.78, 5) is 32.1. The Morgan fingerprint density at radius 1 is 0.969 bits per heavy atom. The number of amides is 2. The van der Waals surface area contributed by atoms with E-state index < -0.39 is 6.04 Å². The zero-order valence-corrected chi connectivity index (χ0v) is 19.4. The molecule has 2 amide bonds. The molecule has 0 spiro atoms. The molecule has 2 aromatic rings. The van der Waals surface area contributed by atoms with Gasteiger partial charge in [0.05, 0.1) is 0 Å². The molecule has 2 aromatic carbocycles. The predicted molar refractivity (Wildman–Crippen MR) is 129 cm³/mol. The number of carbonyl (C=O) groups is 2. The summed E-state index contributed by atoms with van der Waals surface area (Å²) >= 11 is 0. The number of para-hydroxylation sites is 1. The summed E-state index contributed by atoms with van der Waals surface area (Å²) in [6.07, 6.45) is 0.977. The molecule has 0 unspecified atom stereocenters. The van der Waals surface area contributed by atoms with Crippen LogP contribution in [0.5, 0.6) is 0 Å². The van der Waals surface area contributed by atoms with E-state index in [1.807, 2.05) is 31.2 Å². The second-order valence-electron chi connectivity index (χ2n) is 8.80. The van der Waals surface area contributed by atoms with Crippen molar-refractivity contribution in [3.8, 4) is 0 Å². The summed E-state index contributed by atoms with van der Waals surface area (Å²) in [5, 5.41) is 3.09. The fourth-order valence-electron chi connectivity index (χ4n) is 4.82. The molecular weight excluding hydrogens is 400 g/mol. The van der Waals surface area contributed by atoms with Crippen molar-refractivity contribution in [2.75, 3.05) is 49.1 Å². The second-order valence-corrected chi connectivity index (χ2v) is 8.80. The molecule has 1 fully saturated rings. The summed E-state index contributed by atoms with van der Waals surface area (Å²) in [7, 11) is 0. The fourth-order valence-corrected chi connectivity index (χ4v) is 4.82. The maximum Gasteiger partial charge on any atom is 0.243 e. The van der Waals surface area contributed by atoms with Gasteiger partial charge in [0.2, 0.25) is 11.8 Å². The minimum Gasteiger partial charge on any atom is -0.369 e. The van der Waals surface area contributed by atoms with Gasteiger partial charge in [-0.25, -0.2) is 0 Å². The number of nitrogens with zero attached hydrogens (tertiary/aromatic N) is 3. The predicted octanol–water partition coefficient (Wildman–Crippen LogP) is 2.91. The molecule has 1 atom stereocenters. The Morgan fingerprint density at radius 3 is 2.44 bits per heavy atom. The molecule has 2 aliphatic rings. The van der Waals surface area contributed by atoms with Crippen molar-refractivity contribution in [2.45, 2.75) is 39.7 Å². The van der Waals surface area contributed by atoms with E-state index >= 15 is 0 Å². The molecule has 1 N–H and O–H groups in total. The average Bonchev–Trinajstić information content (AvgIpc) is 3.21. The third-order valence-corrected chi connectivity index (χ3v) is 6.87. The molecule has 6 heteroatoms. The number of hydrogen-bond donors (Lipinski definition) is 1. The van der Waals surface area contributed by atoms with E-state index in [1.54, 1.807) is 4.90 Å². The molecule has 1 saturated heterocycles. The zero-order valence-electron chi connectivity index (χ0n) is 19.4. The summed E-state index contributed by atoms with van der Waals surface area (Å²) in [5.74, 6) is -0.0605. The fraction of sp³-hybridized carbons (Fsp3) is 0.462. The van der Waals surface area contributed by atoms with E-state index in [0.29, 0.717) is 19.4 Å². The van der Waals surface area contributed by atoms with Gasteiger partial charge in [-0.3, -0.25) is 19.4 Å². The molecule has 0 aromatic heterocycles. The van der Waals surface area contributed by atoms with E-state index in [1.165, 1.54) is 16.8 Å². The van der Waals surface area contributed by atoms with Crippen LogP contribution in [0.1, 0.15) is 30.0 Å². The van der Waals surface area contributed by atoms with Crippen molar-refractivity contribution in [3.63, 3.8) is 0 Å². The Kier molecular flexibility index (Phi) is 6.80. The number of hydrogen-bond acceptors (Lipinski definition) is 4. The zero-order chi connectivity index (χ0) is 22.7. The number of aryl methyl sites for hydroxylation is 1. The molecule has 170 valence electrons. The average molecular weight is 435 g/mol. The maximum absolute atomic E-state index is 13.0. The highest BCUT2D eigenvalue weighted by molar-refractivity contribution is 6.03. The van der Waals surface area contributed by atoms with Gasteiger partial charge >= 0.3 is 0 Å². The van der Waals surface area contributed by atoms with Crippen LogP contribution in [0.3, 0.4) is 0 Å². The van der Waals surface area contributed by atoms with Crippen molar-refractivity contribution in [1.29, 1.82) is 0 Å². The Bertz CT molecular complexity index is 982. The van der Waals surface area contributed by atoms with Crippen LogP contribution in [-0.4, -0.2) is 62.0 Å². The first-order valence-electron chi connectivity index (χ1n) is 11.7. The Morgan fingerprint density at radius 2 is 1.69 bits per heavy atom. The first kappa shape index (κ1) is 22.3. The molecule has 0 radical (unpaired) electrons. The lowest BCUT2D eigenvalue weighted by Crippen LogP contribution is -2.51. The van der Waals surface area contributed by atoms with Crippen molar-refractivity contribution < 1.29 is 9.59 Å². The van der Waals surface area contributed by atoms with E-state index in [9.17, 15) is 9.59 Å². The largest absolute Gasteiger partial charge is 0.369 e. The Hall–Kier alpha value is -2.86. The minimum absolute atomic E-state index is 0.00216. The van der Waals surface area contributed by atoms with Crippen LogP contribution >= 0.6 is 0 Å². The number of fused-ring (bicyclic) bond motifs is 1. The normalized spacial score (nSPS) is 18.5. The highest BCUT2D eigenvalue weighted by Gasteiger charge is 2.37. The van der Waals surface area contributed by atoms with E-state index in [0.717, 1.165) is 44.0 Å². The Labute approximate surface area is 191 Å². The maximum atomic E-state index is 13.0. The van der Waals surface area contributed by atoms with Crippen LogP contribution in [-0.2, 0) is 16.0 Å². The summed E-state index contributed by atoms with van der Waals surface area (Å²) in [5.41, 5.74) is 5.97. The molecule has 0 bridgehead atoms. The van der Waals surface area contributed by atoms with Crippen LogP contribution in [0, 0.1) is 13.8 Å². The van der Waals surface area contributed by atoms with Gasteiger partial charge in [-0.1, -0.05) is 37.3 Å². The lowest BCUT2D eigenvalue weighted by atomic mass is 10.1. The summed E-state index contributed by atoms with van der Waals surface area (Å²) in [6, 6.07) is 13.9. The van der Waals surface area contributed by atoms with Gasteiger partial charge in [0, 0.05) is 63.5 Å². The summed E-state index contributed by atoms with van der Waals surface area (Å²) < 4.78 is 0. The topological polar surface area (TPSA) is 55.9 Å². The van der Waals surface area contributed by atoms with Crippen LogP contribution in [0.25, 0.3) is 0 Å². The lowest BCUT2D eigenvalue weighted by molar-refractivity contribution is -0.126. The quantitative estimate of drug-likeness (QED) is 0.760. The molecule has 2 aliphatic heterocycles. The highest BCUT2D eigenvalue weighted by Crippen LogP contribution is 2.32. The molecule has 0 saturated carbocycles. The van der Waals surface area contributed by atoms with Gasteiger partial charge in [0.15, 0.2) is 0 Å². The van der Waals surface area contributed by atoms with Crippen molar-refractivity contribution >= 4 is 23.2 Å². The van der Waals surface area contributed by atoms with Gasteiger partial charge in [-0.2, -0.15) is 0 Å². The number of piperazine rings is 1. The first-order valence-corrected chi connectivity index (χ1v) is 11.7. The molecule has 2 heterocycles. The van der Waals surface area contributed by atoms with Crippen LogP contribution in [0.4, 0.5) is 11.4 Å². The third kappa shape index (κ3) is 4.51. The number of carbonyl (C=O) groups excluding carboxylic acids is 2. The molecule has 0 aliphatic carbocycles. The van der Waals surface area contributed by atoms with Gasteiger partial charge < -0.3 is 10.2 Å². The molecule has 4 rings (SSSR count). The Balaban J connectivity index is 1.28. The molecule has 6 nitrogen and oxygen atoms in total. The number of rotatable bonds is 6. The van der Waals surface area contributed by atoms with Crippen molar-refractivity contribution in [1.82, 2.24) is 10.2 Å². The van der Waals surface area contributed by atoms with E-state index in [2.05, 4.69) is 47.2 Å². The number of nitrogens with one attached hydrogen (secondary N) is 1. The SMILES string of the molecule is CCC(=O)N1c2ccccc2C[C@@H]1C(=O)NCCN1CCN(c2cccc(C)c2C)CC1. The minimum atomic E-state index is -0.444. The van der Waals surface area contributed by atoms with E-state index in [-0.39, 0.29) is 11.8 Å². The number of benzene rings is 2.